The summed E-state index contributed by atoms with van der Waals surface area (Å²) >= 11 is 0. The third-order valence-corrected chi connectivity index (χ3v) is 0.957. The largest absolute Gasteiger partial charge is 0.314 e. The zero-order valence-corrected chi connectivity index (χ0v) is 4.18. The van der Waals surface area contributed by atoms with Gasteiger partial charge < -0.3 is 10.6 Å². The van der Waals surface area contributed by atoms with Gasteiger partial charge in [-0.05, 0) is 0 Å². The quantitative estimate of drug-likeness (QED) is 0.422. The Hall–Kier alpha value is -0.171. The van der Waals surface area contributed by atoms with Crippen LogP contribution in [0.3, 0.4) is 0 Å². The molecule has 0 aromatic heterocycles. The van der Waals surface area contributed by atoms with Crippen LogP contribution < -0.4 is 10.6 Å². The molecular weight excluding hydrogens is 96.2 g/mol. The minimum absolute atomic E-state index is 0. The second-order valence-electron chi connectivity index (χ2n) is 1.50. The first-order chi connectivity index (χ1) is 3.00. The molecule has 2 N–H and O–H groups in total. The van der Waals surface area contributed by atoms with Crippen LogP contribution in [0.4, 0.5) is 0 Å². The molecule has 0 spiro atoms. The van der Waals surface area contributed by atoms with Crippen LogP contribution in [0.1, 0.15) is 0 Å². The Labute approximate surface area is 44.1 Å². The smallest absolute Gasteiger partial charge is 0.00772 e. The monoisotopic (exact) mass is 106 g/mol. The molecule has 1 fully saturated rings. The van der Waals surface area contributed by atoms with Crippen LogP contribution in [0.25, 0.3) is 0 Å². The molecule has 0 saturated carbocycles. The van der Waals surface area contributed by atoms with Crippen molar-refractivity contribution < 1.29 is 6.15 Å². The van der Waals surface area contributed by atoms with E-state index < -0.39 is 0 Å². The Bertz CT molecular complexity index is 25.2. The van der Waals surface area contributed by atoms with E-state index in [4.69, 9.17) is 0 Å². The van der Waals surface area contributed by atoms with E-state index in [1.54, 1.807) is 0 Å². The molecule has 0 amide bonds. The summed E-state index contributed by atoms with van der Waals surface area (Å²) in [5, 5.41) is 6.44. The minimum atomic E-state index is 0. The predicted octanol–water partition coefficient (Wildman–Crippen LogP) is -0.821. The van der Waals surface area contributed by atoms with Crippen LogP contribution >= 0.6 is 0 Å². The molecule has 0 radical (unpaired) electrons. The predicted molar refractivity (Wildman–Crippen MR) is 25.7 cm³/mol. The zero-order chi connectivity index (χ0) is 4.24. The van der Waals surface area contributed by atoms with Gasteiger partial charge in [0, 0.05) is 32.3 Å². The van der Waals surface area contributed by atoms with Crippen molar-refractivity contribution in [2.24, 2.45) is 0 Å². The molecule has 1 saturated heterocycles. The van der Waals surface area contributed by atoms with Gasteiger partial charge in [-0.2, -0.15) is 0 Å². The van der Waals surface area contributed by atoms with Gasteiger partial charge in [-0.25, -0.2) is 0 Å². The molecule has 0 bridgehead atoms. The maximum absolute atomic E-state index is 3.22. The van der Waals surface area contributed by atoms with Crippen LogP contribution in [0.2, 0.25) is 0 Å². The zero-order valence-electron chi connectivity index (χ0n) is 4.18. The molecular formula is C4H10N2Ne. The molecule has 7 heavy (non-hydrogen) atoms. The standard InChI is InChI=1S/C4H10N2.Ne/c1-2-6-4-3-5-1;/h5-6H,1-4H2;. The Morgan fingerprint density at radius 2 is 1.00 bits per heavy atom. The van der Waals surface area contributed by atoms with Crippen LogP contribution in [0, 0.1) is 6.15 Å². The van der Waals surface area contributed by atoms with E-state index in [-0.39, 0.29) is 6.15 Å². The summed E-state index contributed by atoms with van der Waals surface area (Å²) in [6.45, 7) is 4.56. The summed E-state index contributed by atoms with van der Waals surface area (Å²) in [7, 11) is 0. The summed E-state index contributed by atoms with van der Waals surface area (Å²) in [5.74, 6) is 0. The normalized spacial score (nSPS) is 20.6. The second-order valence-corrected chi connectivity index (χ2v) is 1.50. The summed E-state index contributed by atoms with van der Waals surface area (Å²) in [6, 6.07) is 0. The van der Waals surface area contributed by atoms with Crippen LogP contribution in [0.15, 0.2) is 0 Å². The first kappa shape index (κ1) is 6.83. The van der Waals surface area contributed by atoms with E-state index in [0.717, 1.165) is 26.2 Å². The first-order valence-electron chi connectivity index (χ1n) is 2.41. The number of hydrogen-bond donors (Lipinski definition) is 2. The first-order valence-corrected chi connectivity index (χ1v) is 2.41. The van der Waals surface area contributed by atoms with E-state index in [2.05, 4.69) is 10.6 Å². The maximum atomic E-state index is 3.22. The van der Waals surface area contributed by atoms with E-state index in [0.29, 0.717) is 0 Å². The van der Waals surface area contributed by atoms with Crippen LogP contribution in [-0.4, -0.2) is 26.2 Å². The molecule has 1 rings (SSSR count). The molecule has 3 heteroatoms. The van der Waals surface area contributed by atoms with Crippen molar-refractivity contribution in [3.63, 3.8) is 0 Å². The molecule has 0 unspecified atom stereocenters. The Kier molecular flexibility index (Phi) is 3.90. The van der Waals surface area contributed by atoms with E-state index in [1.165, 1.54) is 0 Å². The molecule has 0 atom stereocenters. The summed E-state index contributed by atoms with van der Waals surface area (Å²) in [6.07, 6.45) is 0. The van der Waals surface area contributed by atoms with Gasteiger partial charge in [-0.3, -0.25) is 0 Å². The van der Waals surface area contributed by atoms with Crippen LogP contribution in [0.5, 0.6) is 0 Å². The van der Waals surface area contributed by atoms with Gasteiger partial charge in [-0.15, -0.1) is 0 Å². The van der Waals surface area contributed by atoms with Crippen molar-refractivity contribution in [1.82, 2.24) is 10.6 Å². The molecule has 2 nitrogen and oxygen atoms in total. The van der Waals surface area contributed by atoms with Gasteiger partial charge in [0.15, 0.2) is 0 Å². The van der Waals surface area contributed by atoms with E-state index >= 15 is 0 Å². The average molecular weight is 106 g/mol. The summed E-state index contributed by atoms with van der Waals surface area (Å²) in [5.41, 5.74) is 0. The van der Waals surface area contributed by atoms with Gasteiger partial charge in [0.2, 0.25) is 0 Å². The molecule has 0 aliphatic carbocycles. The van der Waals surface area contributed by atoms with Crippen LogP contribution in [-0.2, 0) is 0 Å². The number of piperazine rings is 1. The third-order valence-electron chi connectivity index (χ3n) is 0.957. The van der Waals surface area contributed by atoms with Crippen molar-refractivity contribution >= 4 is 0 Å². The topological polar surface area (TPSA) is 24.1 Å². The van der Waals surface area contributed by atoms with Gasteiger partial charge in [0.25, 0.3) is 0 Å². The van der Waals surface area contributed by atoms with Crippen molar-refractivity contribution in [3.8, 4) is 0 Å². The summed E-state index contributed by atoms with van der Waals surface area (Å²) in [4.78, 5) is 0. The minimum Gasteiger partial charge on any atom is -0.314 e. The number of nitrogens with one attached hydrogen (secondary N) is 2. The van der Waals surface area contributed by atoms with Crippen molar-refractivity contribution in [1.29, 1.82) is 0 Å². The molecule has 44 valence electrons. The van der Waals surface area contributed by atoms with Crippen molar-refractivity contribution in [3.05, 3.63) is 0 Å². The number of rotatable bonds is 0. The maximum Gasteiger partial charge on any atom is 0.00772 e. The van der Waals surface area contributed by atoms with E-state index in [1.807, 2.05) is 0 Å². The fourth-order valence-electron chi connectivity index (χ4n) is 0.604. The molecule has 0 aromatic carbocycles. The van der Waals surface area contributed by atoms with E-state index in [9.17, 15) is 0 Å². The number of hydrogen-bond acceptors (Lipinski definition) is 2. The second kappa shape index (κ2) is 4.00. The average Bonchev–Trinajstić information content (AvgIpc) is 1.72. The Morgan fingerprint density at radius 3 is 1.14 bits per heavy atom. The van der Waals surface area contributed by atoms with Gasteiger partial charge >= 0.3 is 0 Å². The third kappa shape index (κ3) is 2.52. The Morgan fingerprint density at radius 1 is 0.714 bits per heavy atom. The summed E-state index contributed by atoms with van der Waals surface area (Å²) < 4.78 is 0. The van der Waals surface area contributed by atoms with Crippen molar-refractivity contribution in [2.45, 2.75) is 0 Å². The molecule has 1 heterocycles. The molecule has 1 aliphatic heterocycles. The molecule has 0 aromatic rings. The SMILES string of the molecule is C1CNCCN1.[Ne]. The molecule has 1 aliphatic rings. The van der Waals surface area contributed by atoms with Crippen molar-refractivity contribution in [2.75, 3.05) is 26.2 Å². The van der Waals surface area contributed by atoms with Gasteiger partial charge in [-0.1, -0.05) is 0 Å². The fraction of sp³-hybridized carbons (Fsp3) is 1.00. The van der Waals surface area contributed by atoms with Gasteiger partial charge in [0.1, 0.15) is 0 Å². The fourth-order valence-corrected chi connectivity index (χ4v) is 0.604. The van der Waals surface area contributed by atoms with Gasteiger partial charge in [0.05, 0.1) is 0 Å². The Balaban J connectivity index is 0.000000360.